The molecule has 5 nitrogen and oxygen atoms in total. The fraction of sp³-hybridized carbons (Fsp3) is 0.278. The molecule has 2 aromatic heterocycles. The molecule has 25 heavy (non-hydrogen) atoms. The third kappa shape index (κ3) is 3.93. The van der Waals surface area contributed by atoms with Crippen LogP contribution in [-0.2, 0) is 23.4 Å². The van der Waals surface area contributed by atoms with Crippen LogP contribution in [-0.4, -0.2) is 21.8 Å². The second-order valence-corrected chi connectivity index (χ2v) is 7.80. The highest BCUT2D eigenvalue weighted by Crippen LogP contribution is 2.25. The first kappa shape index (κ1) is 16.4. The third-order valence-corrected chi connectivity index (χ3v) is 5.83. The molecule has 1 N–H and O–H groups in total. The normalized spacial score (nSPS) is 13.0. The van der Waals surface area contributed by atoms with E-state index in [0.29, 0.717) is 23.2 Å². The number of hydrogen-bond acceptors (Lipinski definition) is 6. The van der Waals surface area contributed by atoms with Crippen molar-refractivity contribution < 1.29 is 9.32 Å². The minimum atomic E-state index is -0.0130. The van der Waals surface area contributed by atoms with Crippen molar-refractivity contribution in [1.82, 2.24) is 10.1 Å². The lowest BCUT2D eigenvalue weighted by Gasteiger charge is -2.07. The molecule has 1 aliphatic carbocycles. The lowest BCUT2D eigenvalue weighted by atomic mass is 10.1. The molecular formula is C18H17N3O2S2. The van der Waals surface area contributed by atoms with Crippen LogP contribution in [0.5, 0.6) is 0 Å². The fourth-order valence-corrected chi connectivity index (χ4v) is 4.20. The Morgan fingerprint density at radius 1 is 1.28 bits per heavy atom. The van der Waals surface area contributed by atoms with Gasteiger partial charge in [-0.05, 0) is 54.0 Å². The summed E-state index contributed by atoms with van der Waals surface area (Å²) < 4.78 is 5.23. The van der Waals surface area contributed by atoms with Gasteiger partial charge >= 0.3 is 0 Å². The Balaban J connectivity index is 1.26. The lowest BCUT2D eigenvalue weighted by molar-refractivity contribution is -0.113. The molecule has 0 radical (unpaired) electrons. The molecule has 0 fully saturated rings. The minimum absolute atomic E-state index is 0.0130. The summed E-state index contributed by atoms with van der Waals surface area (Å²) in [6, 6.07) is 10.1. The highest BCUT2D eigenvalue weighted by molar-refractivity contribution is 7.99. The van der Waals surface area contributed by atoms with Crippen LogP contribution in [0.15, 0.2) is 40.2 Å². The van der Waals surface area contributed by atoms with E-state index >= 15 is 0 Å². The van der Waals surface area contributed by atoms with Crippen molar-refractivity contribution in [3.63, 3.8) is 0 Å². The molecule has 0 atom stereocenters. The van der Waals surface area contributed by atoms with Gasteiger partial charge in [0.05, 0.1) is 16.4 Å². The van der Waals surface area contributed by atoms with Crippen LogP contribution in [0.25, 0.3) is 10.7 Å². The average Bonchev–Trinajstić information content (AvgIpc) is 3.35. The molecule has 1 aliphatic rings. The number of amides is 1. The molecular weight excluding hydrogens is 354 g/mol. The fourth-order valence-electron chi connectivity index (χ4n) is 2.90. The van der Waals surface area contributed by atoms with Crippen LogP contribution in [0.1, 0.15) is 23.4 Å². The van der Waals surface area contributed by atoms with Crippen LogP contribution in [0.4, 0.5) is 5.69 Å². The van der Waals surface area contributed by atoms with Gasteiger partial charge in [0.2, 0.25) is 17.6 Å². The van der Waals surface area contributed by atoms with Crippen LogP contribution < -0.4 is 5.32 Å². The quantitative estimate of drug-likeness (QED) is 0.705. The van der Waals surface area contributed by atoms with Gasteiger partial charge in [0.15, 0.2) is 0 Å². The van der Waals surface area contributed by atoms with E-state index in [4.69, 9.17) is 4.52 Å². The maximum Gasteiger partial charge on any atom is 0.236 e. The molecule has 128 valence electrons. The second-order valence-electron chi connectivity index (χ2n) is 5.87. The molecule has 0 aliphatic heterocycles. The summed E-state index contributed by atoms with van der Waals surface area (Å²) in [7, 11) is 0. The van der Waals surface area contributed by atoms with Crippen molar-refractivity contribution in [3.05, 3.63) is 52.7 Å². The summed E-state index contributed by atoms with van der Waals surface area (Å²) in [5.74, 6) is 2.01. The molecule has 0 saturated heterocycles. The summed E-state index contributed by atoms with van der Waals surface area (Å²) in [5, 5.41) is 8.90. The van der Waals surface area contributed by atoms with Gasteiger partial charge in [-0.15, -0.1) is 23.1 Å². The zero-order chi connectivity index (χ0) is 17.1. The number of nitrogens with zero attached hydrogens (tertiary/aromatic N) is 2. The Labute approximate surface area is 153 Å². The molecule has 4 rings (SSSR count). The van der Waals surface area contributed by atoms with E-state index in [9.17, 15) is 4.79 Å². The molecule has 7 heteroatoms. The maximum atomic E-state index is 12.1. The van der Waals surface area contributed by atoms with Crippen LogP contribution in [0.3, 0.4) is 0 Å². The number of carbonyl (C=O) groups excluding carboxylic acids is 1. The van der Waals surface area contributed by atoms with E-state index in [1.165, 1.54) is 29.3 Å². The standard InChI is InChI=1S/C18H17N3O2S2/c22-16(19-14-7-6-12-3-1-4-13(12)9-14)10-24-11-17-20-18(21-23-17)15-5-2-8-25-15/h2,5-9H,1,3-4,10-11H2,(H,19,22). The predicted molar refractivity (Wildman–Crippen MR) is 101 cm³/mol. The van der Waals surface area contributed by atoms with Gasteiger partial charge in [-0.3, -0.25) is 4.79 Å². The van der Waals surface area contributed by atoms with Crippen molar-refractivity contribution in [2.24, 2.45) is 0 Å². The minimum Gasteiger partial charge on any atom is -0.338 e. The zero-order valence-corrected chi connectivity index (χ0v) is 15.2. The van der Waals surface area contributed by atoms with Crippen LogP contribution >= 0.6 is 23.1 Å². The summed E-state index contributed by atoms with van der Waals surface area (Å²) in [4.78, 5) is 17.4. The molecule has 0 saturated carbocycles. The Bertz CT molecular complexity index is 874. The molecule has 0 bridgehead atoms. The molecule has 0 spiro atoms. The van der Waals surface area contributed by atoms with E-state index in [2.05, 4.69) is 27.6 Å². The number of aromatic nitrogens is 2. The number of thiophene rings is 1. The zero-order valence-electron chi connectivity index (χ0n) is 13.5. The molecule has 1 aromatic carbocycles. The number of carbonyl (C=O) groups is 1. The summed E-state index contributed by atoms with van der Waals surface area (Å²) in [5.41, 5.74) is 3.65. The maximum absolute atomic E-state index is 12.1. The second kappa shape index (κ2) is 7.41. The third-order valence-electron chi connectivity index (χ3n) is 4.05. The van der Waals surface area contributed by atoms with Crippen molar-refractivity contribution in [1.29, 1.82) is 0 Å². The van der Waals surface area contributed by atoms with Crippen LogP contribution in [0, 0.1) is 0 Å². The number of thioether (sulfide) groups is 1. The van der Waals surface area contributed by atoms with Crippen molar-refractivity contribution in [2.45, 2.75) is 25.0 Å². The Kier molecular flexibility index (Phi) is 4.85. The summed E-state index contributed by atoms with van der Waals surface area (Å²) in [6.45, 7) is 0. The monoisotopic (exact) mass is 371 g/mol. The lowest BCUT2D eigenvalue weighted by Crippen LogP contribution is -2.14. The highest BCUT2D eigenvalue weighted by Gasteiger charge is 2.13. The number of rotatable bonds is 6. The SMILES string of the molecule is O=C(CSCc1nc(-c2cccs2)no1)Nc1ccc2c(c1)CCC2. The largest absolute Gasteiger partial charge is 0.338 e. The number of aryl methyl sites for hydroxylation is 2. The van der Waals surface area contributed by atoms with Gasteiger partial charge in [0, 0.05) is 5.69 Å². The van der Waals surface area contributed by atoms with E-state index in [1.54, 1.807) is 11.3 Å². The number of fused-ring (bicyclic) bond motifs is 1. The van der Waals surface area contributed by atoms with Crippen molar-refractivity contribution >= 4 is 34.7 Å². The first-order valence-corrected chi connectivity index (χ1v) is 10.2. The number of hydrogen-bond donors (Lipinski definition) is 1. The topological polar surface area (TPSA) is 68.0 Å². The number of anilines is 1. The highest BCUT2D eigenvalue weighted by atomic mass is 32.2. The Morgan fingerprint density at radius 3 is 3.08 bits per heavy atom. The van der Waals surface area contributed by atoms with Crippen molar-refractivity contribution in [2.75, 3.05) is 11.1 Å². The van der Waals surface area contributed by atoms with E-state index in [1.807, 2.05) is 23.6 Å². The summed E-state index contributed by atoms with van der Waals surface area (Å²) in [6.07, 6.45) is 3.47. The summed E-state index contributed by atoms with van der Waals surface area (Å²) >= 11 is 3.04. The van der Waals surface area contributed by atoms with Gasteiger partial charge in [-0.1, -0.05) is 17.3 Å². The predicted octanol–water partition coefficient (Wildman–Crippen LogP) is 4.16. The number of benzene rings is 1. The van der Waals surface area contributed by atoms with E-state index in [0.717, 1.165) is 23.4 Å². The average molecular weight is 371 g/mol. The Morgan fingerprint density at radius 2 is 2.20 bits per heavy atom. The van der Waals surface area contributed by atoms with E-state index in [-0.39, 0.29) is 5.91 Å². The molecule has 3 aromatic rings. The first-order chi connectivity index (χ1) is 12.3. The molecule has 1 amide bonds. The van der Waals surface area contributed by atoms with Gasteiger partial charge in [-0.2, -0.15) is 4.98 Å². The first-order valence-electron chi connectivity index (χ1n) is 8.14. The van der Waals surface area contributed by atoms with Crippen molar-refractivity contribution in [3.8, 4) is 10.7 Å². The van der Waals surface area contributed by atoms with Gasteiger partial charge in [-0.25, -0.2) is 0 Å². The smallest absolute Gasteiger partial charge is 0.236 e. The van der Waals surface area contributed by atoms with Gasteiger partial charge in [0.1, 0.15) is 0 Å². The van der Waals surface area contributed by atoms with Gasteiger partial charge < -0.3 is 9.84 Å². The molecule has 0 unspecified atom stereocenters. The van der Waals surface area contributed by atoms with Crippen LogP contribution in [0.2, 0.25) is 0 Å². The Hall–Kier alpha value is -2.12. The molecule has 2 heterocycles. The van der Waals surface area contributed by atoms with Gasteiger partial charge in [0.25, 0.3) is 0 Å². The number of nitrogens with one attached hydrogen (secondary N) is 1. The van der Waals surface area contributed by atoms with E-state index < -0.39 is 0 Å².